The second-order valence-electron chi connectivity index (χ2n) is 6.25. The number of ether oxygens (including phenoxy) is 1. The Morgan fingerprint density at radius 3 is 2.76 bits per heavy atom. The maximum absolute atomic E-state index is 12.4. The minimum atomic E-state index is -0.886. The van der Waals surface area contributed by atoms with E-state index < -0.39 is 18.0 Å². The van der Waals surface area contributed by atoms with E-state index in [4.69, 9.17) is 10.00 Å². The number of aromatic nitrogens is 1. The van der Waals surface area contributed by atoms with Crippen LogP contribution in [0.1, 0.15) is 19.4 Å². The van der Waals surface area contributed by atoms with Crippen molar-refractivity contribution in [3.63, 3.8) is 0 Å². The second-order valence-corrected chi connectivity index (χ2v) is 6.25. The number of likely N-dealkylation sites (N-methyl/N-ethyl adjacent to an activating group) is 1. The minimum Gasteiger partial charge on any atom is -0.449 e. The van der Waals surface area contributed by atoms with E-state index in [1.807, 2.05) is 38.1 Å². The molecule has 0 saturated carbocycles. The molecule has 1 unspecified atom stereocenters. The number of benzene rings is 1. The highest BCUT2D eigenvalue weighted by molar-refractivity contribution is 5.88. The van der Waals surface area contributed by atoms with Crippen LogP contribution >= 0.6 is 0 Å². The second kappa shape index (κ2) is 8.20. The van der Waals surface area contributed by atoms with E-state index in [0.29, 0.717) is 0 Å². The van der Waals surface area contributed by atoms with E-state index in [0.717, 1.165) is 21.4 Å². The van der Waals surface area contributed by atoms with Gasteiger partial charge in [-0.3, -0.25) is 9.69 Å². The van der Waals surface area contributed by atoms with Gasteiger partial charge in [-0.25, -0.2) is 4.79 Å². The monoisotopic (exact) mass is 342 g/mol. The molecule has 0 aliphatic carbocycles. The first-order valence-corrected chi connectivity index (χ1v) is 8.08. The Morgan fingerprint density at radius 2 is 2.08 bits per heavy atom. The molecule has 2 aromatic rings. The molecular weight excluding hydrogens is 320 g/mol. The number of carbonyl (C=O) groups is 2. The van der Waals surface area contributed by atoms with Crippen LogP contribution in [0, 0.1) is 17.4 Å². The van der Waals surface area contributed by atoms with Gasteiger partial charge < -0.3 is 15.0 Å². The number of nitrogens with zero attached hydrogens (tertiary/aromatic N) is 2. The van der Waals surface area contributed by atoms with Crippen molar-refractivity contribution >= 4 is 22.9 Å². The van der Waals surface area contributed by atoms with Gasteiger partial charge in [-0.1, -0.05) is 32.0 Å². The average molecular weight is 342 g/mol. The highest BCUT2D eigenvalue weighted by Crippen LogP contribution is 2.19. The van der Waals surface area contributed by atoms with Crippen molar-refractivity contribution < 1.29 is 14.3 Å². The largest absolute Gasteiger partial charge is 0.449 e. The molecule has 1 heterocycles. The van der Waals surface area contributed by atoms with Crippen LogP contribution in [0.2, 0.25) is 0 Å². The Balaban J connectivity index is 2.18. The fourth-order valence-corrected chi connectivity index (χ4v) is 2.43. The highest BCUT2D eigenvalue weighted by atomic mass is 16.5. The number of amides is 2. The topological polar surface area (TPSA) is 98.2 Å². The molecule has 25 heavy (non-hydrogen) atoms. The fraction of sp³-hybridized carbons (Fsp3) is 0.389. The predicted molar refractivity (Wildman–Crippen MR) is 93.5 cm³/mol. The molecule has 2 N–H and O–H groups in total. The molecule has 132 valence electrons. The summed E-state index contributed by atoms with van der Waals surface area (Å²) < 4.78 is 5.09. The van der Waals surface area contributed by atoms with Crippen LogP contribution in [0.5, 0.6) is 0 Å². The summed E-state index contributed by atoms with van der Waals surface area (Å²) in [5, 5.41) is 12.5. The Bertz CT molecular complexity index is 791. The van der Waals surface area contributed by atoms with Crippen LogP contribution in [0.25, 0.3) is 10.9 Å². The summed E-state index contributed by atoms with van der Waals surface area (Å²) >= 11 is 0. The van der Waals surface area contributed by atoms with Gasteiger partial charge >= 0.3 is 6.09 Å². The zero-order valence-electron chi connectivity index (χ0n) is 14.6. The van der Waals surface area contributed by atoms with E-state index in [1.165, 1.54) is 7.05 Å². The Kier molecular flexibility index (Phi) is 6.01. The number of carbonyl (C=O) groups excluding carboxylic acids is 2. The molecule has 7 heteroatoms. The predicted octanol–water partition coefficient (Wildman–Crippen LogP) is 2.40. The minimum absolute atomic E-state index is 0.190. The molecule has 0 bridgehead atoms. The number of para-hydroxylation sites is 1. The molecule has 0 spiro atoms. The van der Waals surface area contributed by atoms with Gasteiger partial charge in [0.15, 0.2) is 6.19 Å². The number of alkyl carbamates (subject to hydrolysis) is 1. The van der Waals surface area contributed by atoms with Crippen molar-refractivity contribution in [1.29, 1.82) is 5.26 Å². The molecule has 1 aromatic heterocycles. The summed E-state index contributed by atoms with van der Waals surface area (Å²) in [6, 6.07) is 6.80. The number of H-pyrrole nitrogens is 1. The maximum Gasteiger partial charge on any atom is 0.407 e. The zero-order chi connectivity index (χ0) is 18.4. The molecule has 2 rings (SSSR count). The van der Waals surface area contributed by atoms with Crippen molar-refractivity contribution in [2.24, 2.45) is 5.92 Å². The average Bonchev–Trinajstić information content (AvgIpc) is 3.01. The summed E-state index contributed by atoms with van der Waals surface area (Å²) in [5.74, 6) is -0.301. The van der Waals surface area contributed by atoms with Crippen LogP contribution in [0.15, 0.2) is 30.5 Å². The third-order valence-electron chi connectivity index (χ3n) is 3.72. The normalized spacial score (nSPS) is 11.8. The molecular formula is C18H22N4O3. The standard InChI is InChI=1S/C18H22N4O3/c1-12(2)10-25-18(24)21-16(17(23)22(3)11-19)8-13-9-20-15-7-5-4-6-14(13)15/h4-7,9,12,16,20H,8,10H2,1-3H3,(H,21,24). The number of rotatable bonds is 6. The molecule has 0 aliphatic heterocycles. The lowest BCUT2D eigenvalue weighted by molar-refractivity contribution is -0.129. The quantitative estimate of drug-likeness (QED) is 0.622. The Labute approximate surface area is 146 Å². The summed E-state index contributed by atoms with van der Waals surface area (Å²) in [7, 11) is 1.37. The first-order valence-electron chi connectivity index (χ1n) is 8.08. The first kappa shape index (κ1) is 18.3. The van der Waals surface area contributed by atoms with Crippen LogP contribution in [0.3, 0.4) is 0 Å². The maximum atomic E-state index is 12.4. The summed E-state index contributed by atoms with van der Waals surface area (Å²) in [6.45, 7) is 4.10. The number of hydrogen-bond acceptors (Lipinski definition) is 4. The van der Waals surface area contributed by atoms with Crippen LogP contribution in [-0.2, 0) is 16.0 Å². The van der Waals surface area contributed by atoms with E-state index in [2.05, 4.69) is 10.3 Å². The van der Waals surface area contributed by atoms with Crippen molar-refractivity contribution in [1.82, 2.24) is 15.2 Å². The molecule has 1 atom stereocenters. The Morgan fingerprint density at radius 1 is 1.36 bits per heavy atom. The summed E-state index contributed by atoms with van der Waals surface area (Å²) in [4.78, 5) is 28.4. The third kappa shape index (κ3) is 4.73. The van der Waals surface area contributed by atoms with Crippen LogP contribution in [-0.4, -0.2) is 41.6 Å². The van der Waals surface area contributed by atoms with E-state index in [1.54, 1.807) is 12.4 Å². The molecule has 0 fully saturated rings. The van der Waals surface area contributed by atoms with Gasteiger partial charge in [-0.15, -0.1) is 0 Å². The summed E-state index contributed by atoms with van der Waals surface area (Å²) in [6.07, 6.45) is 3.16. The van der Waals surface area contributed by atoms with Gasteiger partial charge in [0.2, 0.25) is 0 Å². The molecule has 0 saturated heterocycles. The van der Waals surface area contributed by atoms with Gasteiger partial charge in [-0.2, -0.15) is 5.26 Å². The molecule has 2 amide bonds. The van der Waals surface area contributed by atoms with E-state index in [-0.39, 0.29) is 18.9 Å². The fourth-order valence-electron chi connectivity index (χ4n) is 2.43. The van der Waals surface area contributed by atoms with Crippen LogP contribution < -0.4 is 5.32 Å². The van der Waals surface area contributed by atoms with E-state index in [9.17, 15) is 9.59 Å². The summed E-state index contributed by atoms with van der Waals surface area (Å²) in [5.41, 5.74) is 1.82. The number of hydrogen-bond donors (Lipinski definition) is 2. The lowest BCUT2D eigenvalue weighted by atomic mass is 10.0. The van der Waals surface area contributed by atoms with Crippen molar-refractivity contribution in [3.8, 4) is 6.19 Å². The van der Waals surface area contributed by atoms with Gasteiger partial charge in [-0.05, 0) is 17.5 Å². The highest BCUT2D eigenvalue weighted by Gasteiger charge is 2.26. The number of aromatic amines is 1. The molecule has 0 aliphatic rings. The zero-order valence-corrected chi connectivity index (χ0v) is 14.6. The van der Waals surface area contributed by atoms with Gasteiger partial charge in [0.05, 0.1) is 6.61 Å². The molecule has 7 nitrogen and oxygen atoms in total. The lowest BCUT2D eigenvalue weighted by Crippen LogP contribution is -2.47. The van der Waals surface area contributed by atoms with Gasteiger partial charge in [0, 0.05) is 30.6 Å². The Hall–Kier alpha value is -3.01. The van der Waals surface area contributed by atoms with Crippen molar-refractivity contribution in [2.75, 3.05) is 13.7 Å². The van der Waals surface area contributed by atoms with Gasteiger partial charge in [0.25, 0.3) is 5.91 Å². The number of nitriles is 1. The number of nitrogens with one attached hydrogen (secondary N) is 2. The van der Waals surface area contributed by atoms with Crippen LogP contribution in [0.4, 0.5) is 4.79 Å². The molecule has 1 aromatic carbocycles. The van der Waals surface area contributed by atoms with Crippen molar-refractivity contribution in [2.45, 2.75) is 26.3 Å². The molecule has 0 radical (unpaired) electrons. The first-order chi connectivity index (χ1) is 11.9. The SMILES string of the molecule is CC(C)COC(=O)NC(Cc1c[nH]c2ccccc12)C(=O)N(C)C#N. The number of fused-ring (bicyclic) bond motifs is 1. The smallest absolute Gasteiger partial charge is 0.407 e. The van der Waals surface area contributed by atoms with Crippen molar-refractivity contribution in [3.05, 3.63) is 36.0 Å². The van der Waals surface area contributed by atoms with E-state index >= 15 is 0 Å². The lowest BCUT2D eigenvalue weighted by Gasteiger charge is -2.20. The van der Waals surface area contributed by atoms with Gasteiger partial charge in [0.1, 0.15) is 6.04 Å². The third-order valence-corrected chi connectivity index (χ3v) is 3.72.